The minimum Gasteiger partial charge on any atom is -0.464 e. The molecular formula is C22H23F3N2O5. The molecule has 32 heavy (non-hydrogen) atoms. The average molecular weight is 452 g/mol. The van der Waals surface area contributed by atoms with Crippen LogP contribution in [0.2, 0.25) is 0 Å². The SMILES string of the molecule is CO/N=C(/C(=O)OC)c1cccc(C)c1CO/N=C(\C)c1ccc(C)cc1OC(F)(F)F. The van der Waals surface area contributed by atoms with Crippen molar-refractivity contribution in [2.24, 2.45) is 10.3 Å². The first-order valence-electron chi connectivity index (χ1n) is 9.39. The van der Waals surface area contributed by atoms with Gasteiger partial charge >= 0.3 is 12.3 Å². The van der Waals surface area contributed by atoms with Crippen molar-refractivity contribution in [2.45, 2.75) is 33.7 Å². The number of alkyl halides is 3. The van der Waals surface area contributed by atoms with E-state index in [0.717, 1.165) is 5.56 Å². The van der Waals surface area contributed by atoms with Crippen LogP contribution in [-0.4, -0.2) is 38.0 Å². The number of aryl methyl sites for hydroxylation is 2. The van der Waals surface area contributed by atoms with Gasteiger partial charge in [-0.05, 0) is 44.0 Å². The second kappa shape index (κ2) is 10.7. The van der Waals surface area contributed by atoms with Crippen LogP contribution in [0, 0.1) is 13.8 Å². The van der Waals surface area contributed by atoms with Crippen LogP contribution in [0.4, 0.5) is 13.2 Å². The molecule has 0 fully saturated rings. The van der Waals surface area contributed by atoms with Gasteiger partial charge in [0.25, 0.3) is 0 Å². The standard InChI is InChI=1S/C22H23F3N2O5/c1-13-9-10-16(19(11-13)32-22(23,24)25)15(3)26-31-12-18-14(2)7-6-8-17(18)20(27-30-5)21(28)29-4/h6-11H,12H2,1-5H3/b26-15+,27-20+. The lowest BCUT2D eigenvalue weighted by Crippen LogP contribution is -2.20. The van der Waals surface area contributed by atoms with Crippen LogP contribution in [0.5, 0.6) is 5.75 Å². The van der Waals surface area contributed by atoms with Gasteiger partial charge < -0.3 is 19.1 Å². The van der Waals surface area contributed by atoms with Crippen LogP contribution in [-0.2, 0) is 25.8 Å². The number of carbonyl (C=O) groups excluding carboxylic acids is 1. The monoisotopic (exact) mass is 452 g/mol. The number of esters is 1. The Morgan fingerprint density at radius 1 is 1.03 bits per heavy atom. The lowest BCUT2D eigenvalue weighted by molar-refractivity contribution is -0.274. The van der Waals surface area contributed by atoms with Crippen molar-refractivity contribution in [1.82, 2.24) is 0 Å². The van der Waals surface area contributed by atoms with Crippen LogP contribution in [0.1, 0.15) is 34.7 Å². The van der Waals surface area contributed by atoms with Gasteiger partial charge in [0, 0.05) is 16.7 Å². The zero-order chi connectivity index (χ0) is 23.9. The van der Waals surface area contributed by atoms with Crippen LogP contribution >= 0.6 is 0 Å². The molecule has 0 unspecified atom stereocenters. The first-order valence-corrected chi connectivity index (χ1v) is 9.39. The molecule has 0 N–H and O–H groups in total. The summed E-state index contributed by atoms with van der Waals surface area (Å²) in [5.41, 5.74) is 2.63. The molecule has 0 aliphatic rings. The van der Waals surface area contributed by atoms with E-state index in [9.17, 15) is 18.0 Å². The quantitative estimate of drug-likeness (QED) is 0.331. The van der Waals surface area contributed by atoms with Crippen molar-refractivity contribution >= 4 is 17.4 Å². The summed E-state index contributed by atoms with van der Waals surface area (Å²) < 4.78 is 47.1. The normalized spacial score (nSPS) is 12.4. The number of rotatable bonds is 8. The molecule has 0 saturated heterocycles. The minimum absolute atomic E-state index is 0.0580. The Morgan fingerprint density at radius 2 is 1.75 bits per heavy atom. The predicted molar refractivity (Wildman–Crippen MR) is 112 cm³/mol. The van der Waals surface area contributed by atoms with Gasteiger partial charge in [-0.2, -0.15) is 0 Å². The summed E-state index contributed by atoms with van der Waals surface area (Å²) in [6, 6.07) is 9.55. The predicted octanol–water partition coefficient (Wildman–Crippen LogP) is 4.67. The molecule has 2 aromatic carbocycles. The lowest BCUT2D eigenvalue weighted by Gasteiger charge is -2.14. The number of nitrogens with zero attached hydrogens (tertiary/aromatic N) is 2. The Hall–Kier alpha value is -3.56. The molecule has 0 saturated carbocycles. The Bertz CT molecular complexity index is 1030. The smallest absolute Gasteiger partial charge is 0.464 e. The van der Waals surface area contributed by atoms with Crippen molar-refractivity contribution in [2.75, 3.05) is 14.2 Å². The van der Waals surface area contributed by atoms with E-state index in [-0.39, 0.29) is 29.3 Å². The first kappa shape index (κ1) is 24.7. The number of benzene rings is 2. The van der Waals surface area contributed by atoms with Gasteiger partial charge in [-0.25, -0.2) is 4.79 Å². The lowest BCUT2D eigenvalue weighted by atomic mass is 9.99. The molecule has 0 heterocycles. The van der Waals surface area contributed by atoms with E-state index in [2.05, 4.69) is 15.0 Å². The summed E-state index contributed by atoms with van der Waals surface area (Å²) in [6.07, 6.45) is -4.84. The molecule has 10 heteroatoms. The Kier molecular flexibility index (Phi) is 8.22. The third kappa shape index (κ3) is 6.47. The van der Waals surface area contributed by atoms with Gasteiger partial charge in [-0.3, -0.25) is 0 Å². The van der Waals surface area contributed by atoms with Gasteiger partial charge in [0.05, 0.1) is 12.8 Å². The summed E-state index contributed by atoms with van der Waals surface area (Å²) in [4.78, 5) is 22.3. The molecule has 0 spiro atoms. The van der Waals surface area contributed by atoms with Crippen molar-refractivity contribution in [1.29, 1.82) is 0 Å². The first-order chi connectivity index (χ1) is 15.1. The van der Waals surface area contributed by atoms with E-state index in [0.29, 0.717) is 16.7 Å². The molecule has 2 rings (SSSR count). The minimum atomic E-state index is -4.84. The highest BCUT2D eigenvalue weighted by molar-refractivity contribution is 6.43. The summed E-state index contributed by atoms with van der Waals surface area (Å²) in [5, 5.41) is 7.68. The van der Waals surface area contributed by atoms with Crippen molar-refractivity contribution < 1.29 is 37.1 Å². The van der Waals surface area contributed by atoms with Crippen LogP contribution in [0.3, 0.4) is 0 Å². The maximum absolute atomic E-state index is 12.8. The van der Waals surface area contributed by atoms with E-state index in [1.54, 1.807) is 38.1 Å². The van der Waals surface area contributed by atoms with E-state index < -0.39 is 12.3 Å². The molecule has 0 amide bonds. The Morgan fingerprint density at radius 3 is 2.38 bits per heavy atom. The Balaban J connectivity index is 2.33. The molecule has 0 bridgehead atoms. The van der Waals surface area contributed by atoms with Crippen LogP contribution < -0.4 is 4.74 Å². The maximum Gasteiger partial charge on any atom is 0.573 e. The van der Waals surface area contributed by atoms with Gasteiger partial charge in [-0.15, -0.1) is 13.2 Å². The highest BCUT2D eigenvalue weighted by Crippen LogP contribution is 2.28. The number of hydrogen-bond acceptors (Lipinski definition) is 7. The average Bonchev–Trinajstić information content (AvgIpc) is 2.71. The maximum atomic E-state index is 12.8. The highest BCUT2D eigenvalue weighted by atomic mass is 19.4. The molecule has 0 aliphatic carbocycles. The van der Waals surface area contributed by atoms with E-state index in [4.69, 9.17) is 14.4 Å². The summed E-state index contributed by atoms with van der Waals surface area (Å²) in [5.74, 6) is -1.08. The topological polar surface area (TPSA) is 78.7 Å². The molecular weight excluding hydrogens is 429 g/mol. The zero-order valence-corrected chi connectivity index (χ0v) is 18.2. The second-order valence-electron chi connectivity index (χ2n) is 6.71. The van der Waals surface area contributed by atoms with Crippen molar-refractivity contribution in [3.63, 3.8) is 0 Å². The fraction of sp³-hybridized carbons (Fsp3) is 0.318. The summed E-state index contributed by atoms with van der Waals surface area (Å²) in [6.45, 7) is 4.87. The Labute approximate surface area is 183 Å². The third-order valence-electron chi connectivity index (χ3n) is 4.39. The van der Waals surface area contributed by atoms with E-state index >= 15 is 0 Å². The molecule has 0 aromatic heterocycles. The molecule has 0 radical (unpaired) electrons. The molecule has 7 nitrogen and oxygen atoms in total. The molecule has 0 atom stereocenters. The fourth-order valence-corrected chi connectivity index (χ4v) is 2.88. The fourth-order valence-electron chi connectivity index (χ4n) is 2.88. The highest BCUT2D eigenvalue weighted by Gasteiger charge is 2.32. The van der Waals surface area contributed by atoms with Crippen LogP contribution in [0.25, 0.3) is 0 Å². The summed E-state index contributed by atoms with van der Waals surface area (Å²) in [7, 11) is 2.51. The summed E-state index contributed by atoms with van der Waals surface area (Å²) >= 11 is 0. The number of ether oxygens (including phenoxy) is 2. The third-order valence-corrected chi connectivity index (χ3v) is 4.39. The number of hydrogen-bond donors (Lipinski definition) is 0. The molecule has 172 valence electrons. The number of methoxy groups -OCH3 is 1. The number of oxime groups is 2. The molecule has 2 aromatic rings. The van der Waals surface area contributed by atoms with Crippen molar-refractivity contribution in [3.05, 3.63) is 64.2 Å². The van der Waals surface area contributed by atoms with Gasteiger partial charge in [0.1, 0.15) is 19.5 Å². The van der Waals surface area contributed by atoms with E-state index in [1.807, 2.05) is 0 Å². The van der Waals surface area contributed by atoms with Crippen LogP contribution in [0.15, 0.2) is 46.7 Å². The van der Waals surface area contributed by atoms with Gasteiger partial charge in [-0.1, -0.05) is 34.6 Å². The largest absolute Gasteiger partial charge is 0.573 e. The van der Waals surface area contributed by atoms with Gasteiger partial charge in [0.2, 0.25) is 0 Å². The number of carbonyl (C=O) groups is 1. The van der Waals surface area contributed by atoms with Gasteiger partial charge in [0.15, 0.2) is 5.71 Å². The van der Waals surface area contributed by atoms with Crippen molar-refractivity contribution in [3.8, 4) is 5.75 Å². The number of halogens is 3. The molecule has 0 aliphatic heterocycles. The second-order valence-corrected chi connectivity index (χ2v) is 6.71. The van der Waals surface area contributed by atoms with E-state index in [1.165, 1.54) is 33.3 Å². The zero-order valence-electron chi connectivity index (χ0n) is 18.2.